The predicted octanol–water partition coefficient (Wildman–Crippen LogP) is 1.63. The van der Waals surface area contributed by atoms with E-state index in [4.69, 9.17) is 10.5 Å². The molecular weight excluding hydrogens is 228 g/mol. The minimum absolute atomic E-state index is 0.0505. The molecule has 2 N–H and O–H groups in total. The quantitative estimate of drug-likeness (QED) is 0.832. The molecule has 4 heteroatoms. The Balaban J connectivity index is 2.35. The summed E-state index contributed by atoms with van der Waals surface area (Å²) in [6.45, 7) is 8.53. The second-order valence-corrected chi connectivity index (χ2v) is 6.45. The Bertz CT molecular complexity index is 267. The third-order valence-electron chi connectivity index (χ3n) is 3.79. The lowest BCUT2D eigenvalue weighted by molar-refractivity contribution is -0.133. The van der Waals surface area contributed by atoms with E-state index < -0.39 is 6.04 Å². The largest absolute Gasteiger partial charge is 0.381 e. The van der Waals surface area contributed by atoms with Crippen LogP contribution < -0.4 is 5.73 Å². The van der Waals surface area contributed by atoms with Crippen molar-refractivity contribution in [2.24, 2.45) is 17.1 Å². The fourth-order valence-corrected chi connectivity index (χ4v) is 2.13. The van der Waals surface area contributed by atoms with Crippen molar-refractivity contribution in [3.63, 3.8) is 0 Å². The van der Waals surface area contributed by atoms with Crippen molar-refractivity contribution in [3.8, 4) is 0 Å². The third kappa shape index (κ3) is 4.58. The van der Waals surface area contributed by atoms with E-state index in [9.17, 15) is 4.79 Å². The van der Waals surface area contributed by atoms with Crippen LogP contribution in [0.1, 0.15) is 40.0 Å². The molecule has 0 spiro atoms. The summed E-state index contributed by atoms with van der Waals surface area (Å²) < 4.78 is 5.34. The van der Waals surface area contributed by atoms with Crippen molar-refractivity contribution in [1.29, 1.82) is 0 Å². The molecule has 0 saturated carbocycles. The van der Waals surface area contributed by atoms with E-state index in [-0.39, 0.29) is 11.3 Å². The second-order valence-electron chi connectivity index (χ2n) is 6.45. The van der Waals surface area contributed by atoms with Gasteiger partial charge in [-0.05, 0) is 30.6 Å². The van der Waals surface area contributed by atoms with E-state index in [0.717, 1.165) is 39.0 Å². The molecule has 1 saturated heterocycles. The van der Waals surface area contributed by atoms with Crippen LogP contribution in [0.3, 0.4) is 0 Å². The lowest BCUT2D eigenvalue weighted by Crippen LogP contribution is -2.49. The summed E-state index contributed by atoms with van der Waals surface area (Å²) in [7, 11) is 1.85. The number of hydrogen-bond acceptors (Lipinski definition) is 3. The molecule has 1 amide bonds. The lowest BCUT2D eigenvalue weighted by Gasteiger charge is -2.31. The van der Waals surface area contributed by atoms with Crippen molar-refractivity contribution in [1.82, 2.24) is 4.90 Å². The van der Waals surface area contributed by atoms with E-state index in [1.165, 1.54) is 0 Å². The Kier molecular flexibility index (Phi) is 5.60. The zero-order valence-corrected chi connectivity index (χ0v) is 12.2. The maximum atomic E-state index is 12.1. The van der Waals surface area contributed by atoms with Crippen molar-refractivity contribution in [2.75, 3.05) is 26.8 Å². The van der Waals surface area contributed by atoms with Gasteiger partial charge in [0.05, 0.1) is 6.04 Å². The zero-order chi connectivity index (χ0) is 13.8. The fraction of sp³-hybridized carbons (Fsp3) is 0.929. The van der Waals surface area contributed by atoms with Gasteiger partial charge in [-0.25, -0.2) is 0 Å². The Hall–Kier alpha value is -0.610. The first-order valence-electron chi connectivity index (χ1n) is 6.90. The normalized spacial score (nSPS) is 19.6. The fourth-order valence-electron chi connectivity index (χ4n) is 2.13. The van der Waals surface area contributed by atoms with Crippen LogP contribution in [0, 0.1) is 11.3 Å². The molecule has 1 aliphatic heterocycles. The molecule has 4 nitrogen and oxygen atoms in total. The lowest BCUT2D eigenvalue weighted by atomic mass is 9.86. The molecule has 0 unspecified atom stereocenters. The second kappa shape index (κ2) is 6.53. The summed E-state index contributed by atoms with van der Waals surface area (Å²) in [5.41, 5.74) is 5.82. The Labute approximate surface area is 111 Å². The van der Waals surface area contributed by atoms with Gasteiger partial charge in [0.25, 0.3) is 0 Å². The van der Waals surface area contributed by atoms with Crippen LogP contribution in [-0.2, 0) is 9.53 Å². The van der Waals surface area contributed by atoms with Gasteiger partial charge < -0.3 is 15.4 Å². The van der Waals surface area contributed by atoms with Gasteiger partial charge in [0.2, 0.25) is 5.91 Å². The van der Waals surface area contributed by atoms with Gasteiger partial charge in [0.15, 0.2) is 0 Å². The van der Waals surface area contributed by atoms with Crippen LogP contribution in [0.4, 0.5) is 0 Å². The molecule has 1 fully saturated rings. The SMILES string of the molecule is CN(CCC1CCOCC1)C(=O)[C@@H](N)C(C)(C)C. The molecule has 1 heterocycles. The van der Waals surface area contributed by atoms with E-state index in [1.54, 1.807) is 4.90 Å². The van der Waals surface area contributed by atoms with Gasteiger partial charge in [-0.3, -0.25) is 4.79 Å². The standard InChI is InChI=1S/C14H28N2O2/c1-14(2,3)12(15)13(17)16(4)8-5-11-6-9-18-10-7-11/h11-12H,5-10,15H2,1-4H3/t12-/m1/s1. The highest BCUT2D eigenvalue weighted by molar-refractivity contribution is 5.82. The number of hydrogen-bond donors (Lipinski definition) is 1. The highest BCUT2D eigenvalue weighted by atomic mass is 16.5. The van der Waals surface area contributed by atoms with Gasteiger partial charge in [-0.1, -0.05) is 20.8 Å². The van der Waals surface area contributed by atoms with Gasteiger partial charge in [0, 0.05) is 26.8 Å². The van der Waals surface area contributed by atoms with Gasteiger partial charge in [-0.15, -0.1) is 0 Å². The minimum atomic E-state index is -0.419. The first-order valence-corrected chi connectivity index (χ1v) is 6.90. The van der Waals surface area contributed by atoms with Crippen molar-refractivity contribution in [3.05, 3.63) is 0 Å². The predicted molar refractivity (Wildman–Crippen MR) is 73.2 cm³/mol. The number of ether oxygens (including phenoxy) is 1. The molecule has 106 valence electrons. The number of amides is 1. The Morgan fingerprint density at radius 2 is 1.94 bits per heavy atom. The summed E-state index contributed by atoms with van der Waals surface area (Å²) in [5.74, 6) is 0.745. The highest BCUT2D eigenvalue weighted by Crippen LogP contribution is 2.21. The topological polar surface area (TPSA) is 55.6 Å². The zero-order valence-electron chi connectivity index (χ0n) is 12.2. The first-order chi connectivity index (χ1) is 8.32. The maximum absolute atomic E-state index is 12.1. The smallest absolute Gasteiger partial charge is 0.239 e. The summed E-state index contributed by atoms with van der Waals surface area (Å²) in [6.07, 6.45) is 3.29. The van der Waals surface area contributed by atoms with E-state index in [0.29, 0.717) is 5.92 Å². The number of likely N-dealkylation sites (N-methyl/N-ethyl adjacent to an activating group) is 1. The number of rotatable bonds is 4. The van der Waals surface area contributed by atoms with Crippen LogP contribution in [0.5, 0.6) is 0 Å². The summed E-state index contributed by atoms with van der Waals surface area (Å²) in [4.78, 5) is 13.9. The van der Waals surface area contributed by atoms with Gasteiger partial charge in [-0.2, -0.15) is 0 Å². The van der Waals surface area contributed by atoms with E-state index >= 15 is 0 Å². The molecule has 0 aromatic heterocycles. The van der Waals surface area contributed by atoms with Crippen molar-refractivity contribution < 1.29 is 9.53 Å². The van der Waals surface area contributed by atoms with Crippen LogP contribution in [-0.4, -0.2) is 43.7 Å². The molecule has 1 aliphatic rings. The number of nitrogens with zero attached hydrogens (tertiary/aromatic N) is 1. The first kappa shape index (κ1) is 15.4. The summed E-state index contributed by atoms with van der Waals surface area (Å²) in [5, 5.41) is 0. The van der Waals surface area contributed by atoms with Crippen LogP contribution in [0.2, 0.25) is 0 Å². The van der Waals surface area contributed by atoms with E-state index in [1.807, 2.05) is 27.8 Å². The monoisotopic (exact) mass is 256 g/mol. The molecule has 0 aromatic carbocycles. The molecule has 0 bridgehead atoms. The van der Waals surface area contributed by atoms with Crippen LogP contribution in [0.15, 0.2) is 0 Å². The Morgan fingerprint density at radius 1 is 1.39 bits per heavy atom. The third-order valence-corrected chi connectivity index (χ3v) is 3.79. The summed E-state index contributed by atoms with van der Waals surface area (Å²) >= 11 is 0. The highest BCUT2D eigenvalue weighted by Gasteiger charge is 2.29. The number of nitrogens with two attached hydrogens (primary N) is 1. The molecule has 1 atom stereocenters. The van der Waals surface area contributed by atoms with E-state index in [2.05, 4.69) is 0 Å². The number of carbonyl (C=O) groups excluding carboxylic acids is 1. The van der Waals surface area contributed by atoms with Crippen LogP contribution in [0.25, 0.3) is 0 Å². The minimum Gasteiger partial charge on any atom is -0.381 e. The molecular formula is C14H28N2O2. The molecule has 0 aromatic rings. The summed E-state index contributed by atoms with van der Waals surface area (Å²) in [6, 6.07) is -0.419. The molecule has 0 aliphatic carbocycles. The van der Waals surface area contributed by atoms with Crippen molar-refractivity contribution >= 4 is 5.91 Å². The average molecular weight is 256 g/mol. The maximum Gasteiger partial charge on any atom is 0.239 e. The van der Waals surface area contributed by atoms with Crippen LogP contribution >= 0.6 is 0 Å². The van der Waals surface area contributed by atoms with Gasteiger partial charge in [0.1, 0.15) is 0 Å². The van der Waals surface area contributed by atoms with Gasteiger partial charge >= 0.3 is 0 Å². The van der Waals surface area contributed by atoms with Crippen molar-refractivity contribution in [2.45, 2.75) is 46.1 Å². The molecule has 0 radical (unpaired) electrons. The molecule has 18 heavy (non-hydrogen) atoms. The number of carbonyl (C=O) groups is 1. The average Bonchev–Trinajstić information content (AvgIpc) is 2.34. The molecule has 1 rings (SSSR count). The Morgan fingerprint density at radius 3 is 2.44 bits per heavy atom.